The van der Waals surface area contributed by atoms with Crippen LogP contribution >= 0.6 is 22.7 Å². The highest BCUT2D eigenvalue weighted by atomic mass is 32.1. The summed E-state index contributed by atoms with van der Waals surface area (Å²) in [7, 11) is 0. The number of thiophene rings is 2. The van der Waals surface area contributed by atoms with Gasteiger partial charge in [0.15, 0.2) is 29.1 Å². The molecule has 1 saturated carbocycles. The molecule has 0 aliphatic heterocycles. The van der Waals surface area contributed by atoms with Gasteiger partial charge in [0.1, 0.15) is 16.9 Å². The summed E-state index contributed by atoms with van der Waals surface area (Å²) in [4.78, 5) is 36.1. The van der Waals surface area contributed by atoms with Gasteiger partial charge in [-0.05, 0) is 134 Å². The molecule has 0 N–H and O–H groups in total. The van der Waals surface area contributed by atoms with E-state index in [0.717, 1.165) is 138 Å². The van der Waals surface area contributed by atoms with Crippen molar-refractivity contribution in [2.45, 2.75) is 37.9 Å². The first kappa shape index (κ1) is 78.4. The van der Waals surface area contributed by atoms with Crippen molar-refractivity contribution in [3.05, 3.63) is 449 Å². The van der Waals surface area contributed by atoms with Gasteiger partial charge >= 0.3 is 0 Å². The highest BCUT2D eigenvalue weighted by molar-refractivity contribution is 7.28. The lowest BCUT2D eigenvalue weighted by Gasteiger charge is -2.24. The van der Waals surface area contributed by atoms with Crippen molar-refractivity contribution < 1.29 is 11.3 Å². The SMILES string of the molecule is [2H]C1C([2H])C([2H])C(c2nc3ccccc3nc2-n2c3ccccc3c3c4sc5c6ccccc6ccc5c4c4ccccc4c32)C([2H])C1[2H].c1ccc(-c2ccc(-c3nc(-c4ccccc4)nc(-c4ccc(-n5c6c7ccccc7ccc6c6c7oc8ccccc8c7c7ccccc7c65)cc4)n3)cc2)cc1.c1ccc(-c2nc3ccccc3nc2-n2c3ccccc3c3c4sc5c6ccccc6ccc5c4c4ccccc4c32)cc1. The average Bonchev–Trinajstić information content (AvgIpc) is 1.54. The molecule has 13 heteroatoms. The lowest BCUT2D eigenvalue weighted by Crippen LogP contribution is -2.13. The molecule has 4 unspecified atom stereocenters. The Labute approximate surface area is 851 Å². The quantitative estimate of drug-likeness (QED) is 0.140. The molecule has 9 heterocycles. The number of aromatic nitrogens is 10. The fourth-order valence-corrected chi connectivity index (χ4v) is 25.8. The van der Waals surface area contributed by atoms with Crippen LogP contribution in [0.3, 0.4) is 0 Å². The van der Waals surface area contributed by atoms with E-state index >= 15 is 0 Å². The Morgan fingerprint density at radius 3 is 1.14 bits per heavy atom. The third-order valence-corrected chi connectivity index (χ3v) is 32.0. The molecular formula is C133H84N10OS2. The van der Waals surface area contributed by atoms with Gasteiger partial charge in [0.25, 0.3) is 0 Å². The van der Waals surface area contributed by atoms with Crippen molar-refractivity contribution in [3.63, 3.8) is 0 Å². The number of nitrogens with zero attached hydrogens (tertiary/aromatic N) is 10. The number of furan rings is 1. The van der Waals surface area contributed by atoms with Gasteiger partial charge in [0.2, 0.25) is 0 Å². The van der Waals surface area contributed by atoms with Crippen molar-refractivity contribution in [1.82, 2.24) is 48.6 Å². The topological polar surface area (TPSA) is 118 Å². The molecule has 0 saturated heterocycles. The lowest BCUT2D eigenvalue weighted by molar-refractivity contribution is 0.436. The van der Waals surface area contributed by atoms with Gasteiger partial charge in [-0.2, -0.15) is 0 Å². The third kappa shape index (κ3) is 13.1. The van der Waals surface area contributed by atoms with Crippen LogP contribution in [0.25, 0.3) is 288 Å². The number of hydrogen-bond acceptors (Lipinski definition) is 10. The van der Waals surface area contributed by atoms with Gasteiger partial charge in [-0.1, -0.05) is 395 Å². The number of rotatable bonds is 9. The first-order chi connectivity index (χ1) is 74.5. The van der Waals surface area contributed by atoms with Gasteiger partial charge in [0, 0.05) is 140 Å². The molecule has 1 aliphatic carbocycles. The normalized spacial score (nSPS) is 16.2. The van der Waals surface area contributed by atoms with E-state index < -0.39 is 37.9 Å². The van der Waals surface area contributed by atoms with Crippen LogP contribution in [0.5, 0.6) is 0 Å². The van der Waals surface area contributed by atoms with E-state index in [1.54, 1.807) is 0 Å². The molecule has 32 rings (SSSR count). The first-order valence-electron chi connectivity index (χ1n) is 52.3. The molecule has 0 amide bonds. The van der Waals surface area contributed by atoms with Crippen molar-refractivity contribution in [2.75, 3.05) is 0 Å². The molecule has 31 aromatic rings. The van der Waals surface area contributed by atoms with E-state index in [-0.39, 0.29) is 0 Å². The Balaban J connectivity index is 0.000000105. The average molecular weight is 1910 g/mol. The third-order valence-electron chi connectivity index (χ3n) is 29.5. The predicted molar refractivity (Wildman–Crippen MR) is 613 cm³/mol. The summed E-state index contributed by atoms with van der Waals surface area (Å²) in [5.41, 5.74) is 19.9. The molecule has 11 nitrogen and oxygen atoms in total. The van der Waals surface area contributed by atoms with Crippen LogP contribution in [-0.4, -0.2) is 48.6 Å². The number of fused-ring (bicyclic) bond motifs is 38. The molecule has 146 heavy (non-hydrogen) atoms. The Morgan fingerprint density at radius 2 is 0.603 bits per heavy atom. The predicted octanol–water partition coefficient (Wildman–Crippen LogP) is 36.4. The Kier molecular flexibility index (Phi) is 18.1. The largest absolute Gasteiger partial charge is 0.455 e. The fourth-order valence-electron chi connectivity index (χ4n) is 23.0. The maximum Gasteiger partial charge on any atom is 0.165 e. The minimum atomic E-state index is -1.14. The van der Waals surface area contributed by atoms with Crippen LogP contribution in [0.1, 0.15) is 50.4 Å². The van der Waals surface area contributed by atoms with Crippen LogP contribution in [-0.2, 0) is 0 Å². The number of hydrogen-bond donors (Lipinski definition) is 0. The van der Waals surface area contributed by atoms with Crippen molar-refractivity contribution >= 4 is 237 Å². The molecule has 9 aromatic heterocycles. The van der Waals surface area contributed by atoms with E-state index in [9.17, 15) is 0 Å². The second-order valence-corrected chi connectivity index (χ2v) is 39.6. The second kappa shape index (κ2) is 33.7. The molecular weight excluding hydrogens is 1820 g/mol. The molecule has 4 atom stereocenters. The molecule has 1 fully saturated rings. The summed E-state index contributed by atoms with van der Waals surface area (Å²) in [6.45, 7) is 0. The Hall–Kier alpha value is -18.3. The molecule has 0 radical (unpaired) electrons. The summed E-state index contributed by atoms with van der Waals surface area (Å²) in [5, 5.41) is 28.7. The van der Waals surface area contributed by atoms with Crippen molar-refractivity contribution in [2.24, 2.45) is 0 Å². The van der Waals surface area contributed by atoms with E-state index in [0.29, 0.717) is 40.0 Å². The van der Waals surface area contributed by atoms with Gasteiger partial charge in [0.05, 0.1) is 66.2 Å². The summed E-state index contributed by atoms with van der Waals surface area (Å²) in [5.74, 6) is 2.36. The smallest absolute Gasteiger partial charge is 0.165 e. The van der Waals surface area contributed by atoms with Gasteiger partial charge < -0.3 is 8.98 Å². The zero-order chi connectivity index (χ0) is 100. The summed E-state index contributed by atoms with van der Waals surface area (Å²) >= 11 is 3.73. The van der Waals surface area contributed by atoms with Crippen molar-refractivity contribution in [1.29, 1.82) is 0 Å². The highest BCUT2D eigenvalue weighted by Gasteiger charge is 2.32. The molecule has 1 aliphatic rings. The van der Waals surface area contributed by atoms with Crippen LogP contribution in [0.2, 0.25) is 0 Å². The zero-order valence-electron chi connectivity index (χ0n) is 83.3. The molecule has 0 spiro atoms. The fraction of sp³-hybridized carbons (Fsp3) is 0.0451. The minimum absolute atomic E-state index is 0.439. The van der Waals surface area contributed by atoms with E-state index in [1.165, 1.54) is 116 Å². The molecule has 684 valence electrons. The van der Waals surface area contributed by atoms with Gasteiger partial charge in [-0.3, -0.25) is 9.13 Å². The molecule has 22 aromatic carbocycles. The van der Waals surface area contributed by atoms with E-state index in [4.69, 9.17) is 46.2 Å². The van der Waals surface area contributed by atoms with Gasteiger partial charge in [-0.25, -0.2) is 34.9 Å². The lowest BCUT2D eigenvalue weighted by atomic mass is 9.86. The standard InChI is InChI=1S/C53H32N4O.C40H29N3S.C40H23N3S/c1-3-13-33(14-4-1)34-23-25-37(26-24-34)52-54-51(36-16-5-2-6-17-36)55-53(56-52)38-27-30-39(31-28-38)57-48-40-18-8-7-15-35(40)29-32-44(48)47-49(57)42-20-10-9-19-41(42)46-43-21-11-12-22-45(43)58-50(46)47;2*1-2-13-25(14-3-1)36-40(42-32-20-10-9-19-31(32)41-36)43-33-21-11-8-18-29(33)35-37(43)28-17-7-6-16-27(28)34-30-23-22-24-12-4-5-15-26(24)38(30)44-39(34)35/h1-32H;4-12,15-23,25H,1-3,13-14H2;1-23H/i;1D,2D,3D,13D,14D;. The van der Waals surface area contributed by atoms with Crippen LogP contribution in [0, 0.1) is 0 Å². The zero-order valence-corrected chi connectivity index (χ0v) is 79.9. The monoisotopic (exact) mass is 1910 g/mol. The van der Waals surface area contributed by atoms with Crippen molar-refractivity contribution in [3.8, 4) is 73.9 Å². The van der Waals surface area contributed by atoms with E-state index in [2.05, 4.69) is 359 Å². The van der Waals surface area contributed by atoms with Gasteiger partial charge in [-0.15, -0.1) is 22.7 Å². The van der Waals surface area contributed by atoms with Crippen LogP contribution in [0.15, 0.2) is 447 Å². The van der Waals surface area contributed by atoms with E-state index in [1.807, 2.05) is 120 Å². The maximum atomic E-state index is 9.16. The van der Waals surface area contributed by atoms with Crippen LogP contribution < -0.4 is 0 Å². The minimum Gasteiger partial charge on any atom is -0.455 e. The molecule has 0 bridgehead atoms. The maximum absolute atomic E-state index is 9.16. The summed E-state index contributed by atoms with van der Waals surface area (Å²) < 4.78 is 63.1. The van der Waals surface area contributed by atoms with Crippen LogP contribution in [0.4, 0.5) is 0 Å². The summed E-state index contributed by atoms with van der Waals surface area (Å²) in [6.07, 6.45) is -5.61. The highest BCUT2D eigenvalue weighted by Crippen LogP contribution is 2.55. The summed E-state index contributed by atoms with van der Waals surface area (Å²) in [6, 6.07) is 155. The Bertz CT molecular complexity index is 11100. The Morgan fingerprint density at radius 1 is 0.233 bits per heavy atom. The first-order valence-corrected chi connectivity index (χ1v) is 51.0. The number of para-hydroxylation sites is 7. The number of benzene rings is 22. The second-order valence-electron chi connectivity index (χ2n) is 37.6.